The molecule has 95 valence electrons. The normalized spacial score (nSPS) is 9.47. The van der Waals surface area contributed by atoms with Crippen molar-refractivity contribution in [3.8, 4) is 0 Å². The number of carbonyl (C=O) groups excluding carboxylic acids is 1. The number of rotatable bonds is 3. The Kier molecular flexibility index (Phi) is 7.40. The molecule has 1 amide bonds. The molecular weight excluding hydrogens is 332 g/mol. The summed E-state index contributed by atoms with van der Waals surface area (Å²) in [6.07, 6.45) is 1.58. The van der Waals surface area contributed by atoms with Crippen molar-refractivity contribution in [1.82, 2.24) is 5.43 Å². The quantitative estimate of drug-likeness (QED) is 0.328. The monoisotopic (exact) mass is 343 g/mol. The van der Waals surface area contributed by atoms with Crippen molar-refractivity contribution in [2.45, 2.75) is 6.92 Å². The van der Waals surface area contributed by atoms with Gasteiger partial charge in [-0.25, -0.2) is 0 Å². The summed E-state index contributed by atoms with van der Waals surface area (Å²) in [5.74, 6) is -0.100. The predicted molar refractivity (Wildman–Crippen MR) is 68.3 cm³/mol. The SMILES string of the molecule is CC(=O)Nc1ccc(C=NNC(N)=S)cc1.[Ag]. The average molecular weight is 344 g/mol. The van der Waals surface area contributed by atoms with Crippen LogP contribution in [0.15, 0.2) is 29.4 Å². The van der Waals surface area contributed by atoms with Gasteiger partial charge in [0.1, 0.15) is 0 Å². The van der Waals surface area contributed by atoms with Gasteiger partial charge in [0.2, 0.25) is 5.91 Å². The summed E-state index contributed by atoms with van der Waals surface area (Å²) in [6, 6.07) is 7.19. The van der Waals surface area contributed by atoms with E-state index in [1.807, 2.05) is 12.1 Å². The Balaban J connectivity index is 0.00000256. The zero-order valence-electron chi connectivity index (χ0n) is 9.03. The van der Waals surface area contributed by atoms with E-state index in [0.717, 1.165) is 11.3 Å². The Hall–Kier alpha value is -1.21. The second kappa shape index (κ2) is 7.97. The number of benzene rings is 1. The Morgan fingerprint density at radius 1 is 1.41 bits per heavy atom. The van der Waals surface area contributed by atoms with Crippen LogP contribution in [0.4, 0.5) is 5.69 Å². The van der Waals surface area contributed by atoms with Crippen LogP contribution in [0, 0.1) is 0 Å². The van der Waals surface area contributed by atoms with Crippen LogP contribution in [0.2, 0.25) is 0 Å². The van der Waals surface area contributed by atoms with Gasteiger partial charge in [-0.1, -0.05) is 12.1 Å². The Morgan fingerprint density at radius 3 is 2.47 bits per heavy atom. The number of anilines is 1. The third kappa shape index (κ3) is 6.85. The number of carbonyl (C=O) groups is 1. The van der Waals surface area contributed by atoms with E-state index in [4.69, 9.17) is 5.73 Å². The van der Waals surface area contributed by atoms with Gasteiger partial charge in [-0.05, 0) is 29.9 Å². The largest absolute Gasteiger partial charge is 0.375 e. The molecule has 0 aliphatic carbocycles. The van der Waals surface area contributed by atoms with Gasteiger partial charge >= 0.3 is 0 Å². The molecule has 0 saturated heterocycles. The molecule has 0 saturated carbocycles. The van der Waals surface area contributed by atoms with Crippen LogP contribution in [-0.4, -0.2) is 17.2 Å². The van der Waals surface area contributed by atoms with E-state index in [-0.39, 0.29) is 33.4 Å². The second-order valence-electron chi connectivity index (χ2n) is 3.04. The minimum absolute atomic E-state index is 0. The Morgan fingerprint density at radius 2 is 2.00 bits per heavy atom. The number of nitrogens with one attached hydrogen (secondary N) is 2. The summed E-state index contributed by atoms with van der Waals surface area (Å²) in [6.45, 7) is 1.46. The summed E-state index contributed by atoms with van der Waals surface area (Å²) in [4.78, 5) is 10.8. The molecule has 1 aromatic rings. The molecule has 5 nitrogen and oxygen atoms in total. The first-order chi connectivity index (χ1) is 7.58. The standard InChI is InChI=1S/C10H12N4OS.Ag/c1-7(15)13-9-4-2-8(3-5-9)6-12-14-10(11)16;/h2-6H,1H3,(H,13,15)(H3,11,14,16);. The van der Waals surface area contributed by atoms with Gasteiger partial charge in [-0.15, -0.1) is 0 Å². The summed E-state index contributed by atoms with van der Waals surface area (Å²) in [5, 5.41) is 6.59. The smallest absolute Gasteiger partial charge is 0.221 e. The average Bonchev–Trinajstić information content (AvgIpc) is 2.19. The zero-order chi connectivity index (χ0) is 12.0. The third-order valence-electron chi connectivity index (χ3n) is 1.62. The van der Waals surface area contributed by atoms with Crippen molar-refractivity contribution in [2.75, 3.05) is 5.32 Å². The fraction of sp³-hybridized carbons (Fsp3) is 0.100. The van der Waals surface area contributed by atoms with Crippen molar-refractivity contribution in [3.05, 3.63) is 29.8 Å². The van der Waals surface area contributed by atoms with E-state index >= 15 is 0 Å². The molecule has 0 bridgehead atoms. The van der Waals surface area contributed by atoms with Crippen molar-refractivity contribution in [3.63, 3.8) is 0 Å². The third-order valence-corrected chi connectivity index (χ3v) is 1.71. The maximum Gasteiger partial charge on any atom is 0.221 e. The number of hydrogen-bond donors (Lipinski definition) is 3. The molecule has 0 aliphatic rings. The maximum absolute atomic E-state index is 10.8. The van der Waals surface area contributed by atoms with Crippen LogP contribution < -0.4 is 16.5 Å². The minimum Gasteiger partial charge on any atom is -0.375 e. The first-order valence-electron chi connectivity index (χ1n) is 4.54. The van der Waals surface area contributed by atoms with E-state index < -0.39 is 0 Å². The van der Waals surface area contributed by atoms with Gasteiger partial charge in [0.05, 0.1) is 6.21 Å². The molecule has 1 aromatic carbocycles. The van der Waals surface area contributed by atoms with Gasteiger partial charge in [-0.2, -0.15) is 5.10 Å². The van der Waals surface area contributed by atoms with Crippen molar-refractivity contribution in [1.29, 1.82) is 0 Å². The van der Waals surface area contributed by atoms with Gasteiger partial charge in [0.15, 0.2) is 5.11 Å². The van der Waals surface area contributed by atoms with Gasteiger partial charge in [0, 0.05) is 35.0 Å². The predicted octanol–water partition coefficient (Wildman–Crippen LogP) is 0.810. The maximum atomic E-state index is 10.8. The Bertz CT molecular complexity index is 419. The number of nitrogens with two attached hydrogens (primary N) is 1. The molecule has 0 aliphatic heterocycles. The van der Waals surface area contributed by atoms with Crippen LogP contribution in [0.25, 0.3) is 0 Å². The van der Waals surface area contributed by atoms with Gasteiger partial charge in [-0.3, -0.25) is 10.2 Å². The number of hydrogen-bond acceptors (Lipinski definition) is 3. The second-order valence-corrected chi connectivity index (χ2v) is 3.48. The molecule has 0 unspecified atom stereocenters. The summed E-state index contributed by atoms with van der Waals surface area (Å²) < 4.78 is 0. The molecule has 0 aromatic heterocycles. The van der Waals surface area contributed by atoms with Crippen LogP contribution in [-0.2, 0) is 27.2 Å². The fourth-order valence-electron chi connectivity index (χ4n) is 1.03. The Labute approximate surface area is 120 Å². The molecule has 7 heteroatoms. The number of hydrazone groups is 1. The topological polar surface area (TPSA) is 79.5 Å². The van der Waals surface area contributed by atoms with Crippen molar-refractivity contribution in [2.24, 2.45) is 10.8 Å². The molecule has 0 heterocycles. The van der Waals surface area contributed by atoms with Crippen LogP contribution >= 0.6 is 12.2 Å². The molecule has 0 spiro atoms. The molecule has 1 radical (unpaired) electrons. The first kappa shape index (κ1) is 15.8. The summed E-state index contributed by atoms with van der Waals surface area (Å²) >= 11 is 4.58. The number of amides is 1. The first-order valence-corrected chi connectivity index (χ1v) is 4.95. The van der Waals surface area contributed by atoms with Crippen molar-refractivity contribution < 1.29 is 27.2 Å². The minimum atomic E-state index is -0.100. The van der Waals surface area contributed by atoms with Gasteiger partial charge < -0.3 is 11.1 Å². The van der Waals surface area contributed by atoms with Crippen LogP contribution in [0.5, 0.6) is 0 Å². The molecular formula is C10H12AgN4OS. The molecule has 0 atom stereocenters. The fourth-order valence-corrected chi connectivity index (χ4v) is 1.08. The van der Waals surface area contributed by atoms with Crippen molar-refractivity contribution >= 4 is 35.1 Å². The summed E-state index contributed by atoms with van der Waals surface area (Å²) in [5.41, 5.74) is 9.26. The van der Waals surface area contributed by atoms with E-state index in [9.17, 15) is 4.79 Å². The summed E-state index contributed by atoms with van der Waals surface area (Å²) in [7, 11) is 0. The van der Waals surface area contributed by atoms with E-state index in [2.05, 4.69) is 28.1 Å². The van der Waals surface area contributed by atoms with E-state index in [1.54, 1.807) is 18.3 Å². The van der Waals surface area contributed by atoms with E-state index in [0.29, 0.717) is 0 Å². The molecule has 17 heavy (non-hydrogen) atoms. The van der Waals surface area contributed by atoms with E-state index in [1.165, 1.54) is 6.92 Å². The zero-order valence-corrected chi connectivity index (χ0v) is 11.3. The van der Waals surface area contributed by atoms with Gasteiger partial charge in [0.25, 0.3) is 0 Å². The van der Waals surface area contributed by atoms with Crippen LogP contribution in [0.1, 0.15) is 12.5 Å². The number of nitrogens with zero attached hydrogens (tertiary/aromatic N) is 1. The molecule has 0 fully saturated rings. The molecule has 4 N–H and O–H groups in total. The van der Waals surface area contributed by atoms with Crippen LogP contribution in [0.3, 0.4) is 0 Å². The molecule has 1 rings (SSSR count). The number of thiocarbonyl (C=S) groups is 1.